The number of methoxy groups -OCH3 is 1. The third kappa shape index (κ3) is 9.20. The van der Waals surface area contributed by atoms with Crippen LogP contribution in [0.25, 0.3) is 0 Å². The van der Waals surface area contributed by atoms with Crippen molar-refractivity contribution < 1.29 is 37.5 Å². The molecule has 3 N–H and O–H groups in total. The van der Waals surface area contributed by atoms with Crippen LogP contribution in [0.5, 0.6) is 0 Å². The van der Waals surface area contributed by atoms with Gasteiger partial charge in [-0.15, -0.1) is 0 Å². The minimum absolute atomic E-state index is 0.126. The second kappa shape index (κ2) is 11.9. The summed E-state index contributed by atoms with van der Waals surface area (Å²) in [5.74, 6) is -6.25. The number of carbonyl (C=O) groups excluding carboxylic acids is 5. The van der Waals surface area contributed by atoms with Crippen LogP contribution in [0.3, 0.4) is 0 Å². The molecular weight excluding hydrogens is 502 g/mol. The Balaban J connectivity index is 2.31. The molecule has 2 aliphatic rings. The third-order valence-electron chi connectivity index (χ3n) is 6.94. The fourth-order valence-electron chi connectivity index (χ4n) is 4.38. The molecule has 0 aromatic rings. The molecule has 3 atom stereocenters. The number of alkyl halides is 2. The predicted octanol–water partition coefficient (Wildman–Crippen LogP) is 2.54. The maximum atomic E-state index is 13.7. The van der Waals surface area contributed by atoms with Crippen LogP contribution >= 0.6 is 0 Å². The fourth-order valence-corrected chi connectivity index (χ4v) is 4.38. The Morgan fingerprint density at radius 3 is 2.16 bits per heavy atom. The van der Waals surface area contributed by atoms with Crippen LogP contribution in [0.4, 0.5) is 13.6 Å². The van der Waals surface area contributed by atoms with Crippen LogP contribution in [0.2, 0.25) is 0 Å². The van der Waals surface area contributed by atoms with Crippen molar-refractivity contribution >= 4 is 29.6 Å². The van der Waals surface area contributed by atoms with Crippen LogP contribution in [-0.4, -0.2) is 78.2 Å². The van der Waals surface area contributed by atoms with Crippen LogP contribution in [-0.2, 0) is 23.9 Å². The van der Waals surface area contributed by atoms with Gasteiger partial charge in [-0.1, -0.05) is 34.6 Å². The number of nitrogens with one attached hydrogen (secondary N) is 3. The molecule has 1 aliphatic heterocycles. The highest BCUT2D eigenvalue weighted by Crippen LogP contribution is 2.35. The molecule has 0 spiro atoms. The Kier molecular flexibility index (Phi) is 9.88. The van der Waals surface area contributed by atoms with Crippen molar-refractivity contribution in [3.8, 4) is 0 Å². The molecule has 38 heavy (non-hydrogen) atoms. The average Bonchev–Trinajstić information content (AvgIpc) is 3.60. The standard InChI is InChI=1S/C26H42F2N4O6/c1-24(2,3)19(31-23(37)38-7)22(36)32-13-12-25(4,5)14-17(32)20(34)30-16(10-11-26(6,27)28)18(33)21(35)29-15-8-9-15/h15-17,19H,8-14H2,1-7H3,(H,29,35)(H,30,34)(H,31,37)/t16-,17?,19+/m0/s1. The molecule has 1 unspecified atom stereocenters. The summed E-state index contributed by atoms with van der Waals surface area (Å²) in [5, 5.41) is 7.58. The lowest BCUT2D eigenvalue weighted by molar-refractivity contribution is -0.149. The van der Waals surface area contributed by atoms with Crippen molar-refractivity contribution in [2.24, 2.45) is 10.8 Å². The molecule has 0 bridgehead atoms. The summed E-state index contributed by atoms with van der Waals surface area (Å²) in [6, 6.07) is -3.66. The third-order valence-corrected chi connectivity index (χ3v) is 6.94. The maximum Gasteiger partial charge on any atom is 0.407 e. The Morgan fingerprint density at radius 2 is 1.66 bits per heavy atom. The Bertz CT molecular complexity index is 924. The summed E-state index contributed by atoms with van der Waals surface area (Å²) in [6.45, 7) is 10.0. The van der Waals surface area contributed by atoms with Crippen molar-refractivity contribution in [2.45, 2.75) is 110 Å². The number of Topliss-reactive ketones (excluding diaryl/α,β-unsaturated/α-hetero) is 1. The largest absolute Gasteiger partial charge is 0.453 e. The van der Waals surface area contributed by atoms with Crippen molar-refractivity contribution in [3.05, 3.63) is 0 Å². The fraction of sp³-hybridized carbons (Fsp3) is 0.808. The normalized spacial score (nSPS) is 21.1. The van der Waals surface area contributed by atoms with E-state index in [2.05, 4.69) is 20.7 Å². The first-order valence-electron chi connectivity index (χ1n) is 13.0. The number of halogens is 2. The summed E-state index contributed by atoms with van der Waals surface area (Å²) < 4.78 is 32.0. The van der Waals surface area contributed by atoms with E-state index in [0.29, 0.717) is 13.3 Å². The van der Waals surface area contributed by atoms with E-state index in [9.17, 15) is 32.8 Å². The highest BCUT2D eigenvalue weighted by atomic mass is 19.3. The van der Waals surface area contributed by atoms with E-state index in [-0.39, 0.29) is 24.4 Å². The van der Waals surface area contributed by atoms with Gasteiger partial charge in [-0.2, -0.15) is 0 Å². The van der Waals surface area contributed by atoms with E-state index in [0.717, 1.165) is 12.8 Å². The van der Waals surface area contributed by atoms with Gasteiger partial charge in [-0.25, -0.2) is 13.6 Å². The molecule has 0 aromatic carbocycles. The lowest BCUT2D eigenvalue weighted by Gasteiger charge is -2.45. The molecule has 0 aromatic heterocycles. The molecule has 4 amide bonds. The number of alkyl carbamates (subject to hydrolysis) is 1. The Hall–Kier alpha value is -2.79. The molecule has 12 heteroatoms. The molecule has 1 heterocycles. The number of rotatable bonds is 10. The number of ether oxygens (including phenoxy) is 1. The van der Waals surface area contributed by atoms with Gasteiger partial charge in [-0.05, 0) is 49.9 Å². The first kappa shape index (κ1) is 31.4. The van der Waals surface area contributed by atoms with Gasteiger partial charge in [0.25, 0.3) is 5.91 Å². The number of nitrogens with zero attached hydrogens (tertiary/aromatic N) is 1. The van der Waals surface area contributed by atoms with Crippen LogP contribution < -0.4 is 16.0 Å². The highest BCUT2D eigenvalue weighted by Gasteiger charge is 2.45. The molecule has 216 valence electrons. The number of ketones is 1. The molecule has 2 rings (SSSR count). The first-order valence-corrected chi connectivity index (χ1v) is 13.0. The van der Waals surface area contributed by atoms with Gasteiger partial charge in [-0.3, -0.25) is 19.2 Å². The predicted molar refractivity (Wildman–Crippen MR) is 135 cm³/mol. The molecule has 1 saturated heterocycles. The lowest BCUT2D eigenvalue weighted by atomic mass is 9.77. The van der Waals surface area contributed by atoms with Gasteiger partial charge in [0, 0.05) is 19.0 Å². The van der Waals surface area contributed by atoms with Gasteiger partial charge in [0.05, 0.1) is 13.2 Å². The number of hydrogen-bond donors (Lipinski definition) is 3. The average molecular weight is 545 g/mol. The van der Waals surface area contributed by atoms with Gasteiger partial charge in [0.2, 0.25) is 23.5 Å². The zero-order chi connectivity index (χ0) is 29.1. The number of piperidine rings is 1. The van der Waals surface area contributed by atoms with Crippen LogP contribution in [0, 0.1) is 10.8 Å². The van der Waals surface area contributed by atoms with Gasteiger partial charge >= 0.3 is 6.09 Å². The first-order chi connectivity index (χ1) is 17.3. The summed E-state index contributed by atoms with van der Waals surface area (Å²) in [7, 11) is 1.18. The number of hydrogen-bond acceptors (Lipinski definition) is 6. The Labute approximate surface area is 223 Å². The molecule has 1 aliphatic carbocycles. The monoisotopic (exact) mass is 544 g/mol. The number of carbonyl (C=O) groups is 5. The SMILES string of the molecule is COC(=O)N[C@H](C(=O)N1CCC(C)(C)CC1C(=O)N[C@@H](CCC(C)(F)F)C(=O)C(=O)NC1CC1)C(C)(C)C. The second-order valence-electron chi connectivity index (χ2n) is 12.4. The second-order valence-corrected chi connectivity index (χ2v) is 12.4. The van der Waals surface area contributed by atoms with E-state index in [4.69, 9.17) is 0 Å². The summed E-state index contributed by atoms with van der Waals surface area (Å²) in [5.41, 5.74) is -1.07. The number of likely N-dealkylation sites (tertiary alicyclic amines) is 1. The van der Waals surface area contributed by atoms with E-state index in [1.54, 1.807) is 20.8 Å². The minimum Gasteiger partial charge on any atom is -0.453 e. The smallest absolute Gasteiger partial charge is 0.407 e. The van der Waals surface area contributed by atoms with E-state index in [1.807, 2.05) is 13.8 Å². The molecule has 1 saturated carbocycles. The Morgan fingerprint density at radius 1 is 1.05 bits per heavy atom. The highest BCUT2D eigenvalue weighted by molar-refractivity contribution is 6.38. The molecule has 10 nitrogen and oxygen atoms in total. The van der Waals surface area contributed by atoms with E-state index < -0.39 is 71.9 Å². The van der Waals surface area contributed by atoms with Crippen LogP contribution in [0.15, 0.2) is 0 Å². The quantitative estimate of drug-likeness (QED) is 0.362. The zero-order valence-electron chi connectivity index (χ0n) is 23.4. The van der Waals surface area contributed by atoms with Gasteiger partial charge in [0.1, 0.15) is 12.1 Å². The van der Waals surface area contributed by atoms with E-state index in [1.165, 1.54) is 12.0 Å². The molecule has 0 radical (unpaired) electrons. The van der Waals surface area contributed by atoms with Crippen LogP contribution in [0.1, 0.15) is 80.1 Å². The number of amides is 4. The molecule has 2 fully saturated rings. The van der Waals surface area contributed by atoms with Crippen molar-refractivity contribution in [1.82, 2.24) is 20.9 Å². The minimum atomic E-state index is -3.11. The summed E-state index contributed by atoms with van der Waals surface area (Å²) >= 11 is 0. The van der Waals surface area contributed by atoms with Crippen molar-refractivity contribution in [3.63, 3.8) is 0 Å². The van der Waals surface area contributed by atoms with Gasteiger partial charge < -0.3 is 25.6 Å². The zero-order valence-corrected chi connectivity index (χ0v) is 23.4. The summed E-state index contributed by atoms with van der Waals surface area (Å²) in [4.78, 5) is 65.8. The van der Waals surface area contributed by atoms with Crippen molar-refractivity contribution in [1.29, 1.82) is 0 Å². The van der Waals surface area contributed by atoms with E-state index >= 15 is 0 Å². The summed E-state index contributed by atoms with van der Waals surface area (Å²) in [6.07, 6.45) is 0.311. The van der Waals surface area contributed by atoms with Crippen molar-refractivity contribution in [2.75, 3.05) is 13.7 Å². The topological polar surface area (TPSA) is 134 Å². The maximum absolute atomic E-state index is 13.7. The van der Waals surface area contributed by atoms with Gasteiger partial charge in [0.15, 0.2) is 0 Å². The lowest BCUT2D eigenvalue weighted by Crippen LogP contribution is -2.63. The molecular formula is C26H42F2N4O6.